The minimum atomic E-state index is -4.00. The van der Waals surface area contributed by atoms with E-state index < -0.39 is 15.9 Å². The monoisotopic (exact) mass is 425 g/mol. The molecule has 0 saturated carbocycles. The highest BCUT2D eigenvalue weighted by Crippen LogP contribution is 2.25. The lowest BCUT2D eigenvalue weighted by atomic mass is 10.1. The van der Waals surface area contributed by atoms with Crippen LogP contribution in [0.15, 0.2) is 47.4 Å². The van der Waals surface area contributed by atoms with Gasteiger partial charge in [0.25, 0.3) is 21.8 Å². The second-order valence-electron chi connectivity index (χ2n) is 5.70. The van der Waals surface area contributed by atoms with E-state index in [0.29, 0.717) is 10.0 Å². The predicted molar refractivity (Wildman–Crippen MR) is 104 cm³/mol. The molecular formula is C18H20ClN3O5S. The average Bonchev–Trinajstić information content (AvgIpc) is 2.71. The van der Waals surface area contributed by atoms with Gasteiger partial charge in [0, 0.05) is 31.8 Å². The smallest absolute Gasteiger partial charge is 0.266 e. The van der Waals surface area contributed by atoms with Crippen LogP contribution in [0.2, 0.25) is 5.02 Å². The second kappa shape index (κ2) is 9.16. The maximum Gasteiger partial charge on any atom is 0.266 e. The molecule has 0 fully saturated rings. The molecule has 0 unspecified atom stereocenters. The normalized spacial score (nSPS) is 11.3. The number of hydrogen-bond donors (Lipinski definition) is 2. The van der Waals surface area contributed by atoms with E-state index in [1.165, 1.54) is 32.4 Å². The predicted octanol–water partition coefficient (Wildman–Crippen LogP) is 1.81. The fraction of sp³-hybridized carbons (Fsp3) is 0.222. The van der Waals surface area contributed by atoms with Gasteiger partial charge in [-0.1, -0.05) is 28.2 Å². The van der Waals surface area contributed by atoms with Gasteiger partial charge in [0.05, 0.1) is 12.1 Å². The standard InChI is InChI=1S/C18H20ClN3O5S/c1-20-17(23)13-6-4-12(5-7-13)11-21-18(24)14-8-9-15(19)16(10-14)28(25,26)22(2)27-3/h4-10H,11H2,1-3H3,(H,20,23)(H,21,24). The Kier molecular flexibility index (Phi) is 7.14. The fourth-order valence-electron chi connectivity index (χ4n) is 2.28. The Morgan fingerprint density at radius 1 is 1.07 bits per heavy atom. The van der Waals surface area contributed by atoms with Crippen molar-refractivity contribution in [2.75, 3.05) is 21.2 Å². The Morgan fingerprint density at radius 2 is 1.68 bits per heavy atom. The molecule has 0 aliphatic rings. The number of nitrogens with zero attached hydrogens (tertiary/aromatic N) is 1. The number of hydrogen-bond acceptors (Lipinski definition) is 5. The molecule has 0 aromatic heterocycles. The zero-order chi connectivity index (χ0) is 20.9. The first-order chi connectivity index (χ1) is 13.2. The first-order valence-corrected chi connectivity index (χ1v) is 9.94. The molecule has 0 radical (unpaired) electrons. The van der Waals surface area contributed by atoms with Gasteiger partial charge in [0.15, 0.2) is 0 Å². The number of hydroxylamine groups is 1. The van der Waals surface area contributed by atoms with Crippen LogP contribution in [0.3, 0.4) is 0 Å². The van der Waals surface area contributed by atoms with Crippen LogP contribution in [0.1, 0.15) is 26.3 Å². The summed E-state index contributed by atoms with van der Waals surface area (Å²) in [4.78, 5) is 28.4. The highest BCUT2D eigenvalue weighted by atomic mass is 35.5. The summed E-state index contributed by atoms with van der Waals surface area (Å²) in [5.74, 6) is -0.671. The van der Waals surface area contributed by atoms with Crippen molar-refractivity contribution in [1.82, 2.24) is 15.1 Å². The number of carbonyl (C=O) groups excluding carboxylic acids is 2. The number of nitrogens with one attached hydrogen (secondary N) is 2. The first kappa shape index (κ1) is 21.8. The zero-order valence-electron chi connectivity index (χ0n) is 15.5. The molecule has 2 N–H and O–H groups in total. The van der Waals surface area contributed by atoms with Crippen LogP contribution >= 0.6 is 11.6 Å². The van der Waals surface area contributed by atoms with Crippen molar-refractivity contribution in [3.63, 3.8) is 0 Å². The molecule has 2 aromatic rings. The van der Waals surface area contributed by atoms with Crippen LogP contribution in [0.25, 0.3) is 0 Å². The number of amides is 2. The molecule has 2 amide bonds. The first-order valence-electron chi connectivity index (χ1n) is 8.12. The van der Waals surface area contributed by atoms with Crippen molar-refractivity contribution in [3.05, 3.63) is 64.2 Å². The Bertz CT molecular complexity index is 977. The minimum absolute atomic E-state index is 0.0229. The molecule has 0 spiro atoms. The quantitative estimate of drug-likeness (QED) is 0.658. The number of sulfonamides is 1. The Morgan fingerprint density at radius 3 is 2.25 bits per heavy atom. The fourth-order valence-corrected chi connectivity index (χ4v) is 3.76. The van der Waals surface area contributed by atoms with Gasteiger partial charge in [0.2, 0.25) is 0 Å². The van der Waals surface area contributed by atoms with Crippen LogP contribution in [-0.2, 0) is 21.4 Å². The summed E-state index contributed by atoms with van der Waals surface area (Å²) in [6.45, 7) is 0.204. The topological polar surface area (TPSA) is 105 Å². The molecule has 0 aliphatic carbocycles. The highest BCUT2D eigenvalue weighted by Gasteiger charge is 2.25. The van der Waals surface area contributed by atoms with Gasteiger partial charge in [-0.15, -0.1) is 0 Å². The summed E-state index contributed by atoms with van der Waals surface area (Å²) in [7, 11) is -0.0251. The molecule has 2 rings (SSSR count). The summed E-state index contributed by atoms with van der Waals surface area (Å²) in [5.41, 5.74) is 1.42. The number of halogens is 1. The van der Waals surface area contributed by atoms with E-state index in [0.717, 1.165) is 5.56 Å². The Hall–Kier alpha value is -2.46. The Balaban J connectivity index is 2.15. The molecule has 150 valence electrons. The van der Waals surface area contributed by atoms with E-state index in [2.05, 4.69) is 10.6 Å². The van der Waals surface area contributed by atoms with E-state index in [4.69, 9.17) is 16.4 Å². The van der Waals surface area contributed by atoms with Gasteiger partial charge in [-0.3, -0.25) is 14.4 Å². The van der Waals surface area contributed by atoms with Crippen molar-refractivity contribution in [3.8, 4) is 0 Å². The van der Waals surface area contributed by atoms with Gasteiger partial charge < -0.3 is 10.6 Å². The number of rotatable bonds is 7. The maximum absolute atomic E-state index is 12.4. The van der Waals surface area contributed by atoms with E-state index in [1.807, 2.05) is 0 Å². The molecule has 0 saturated heterocycles. The molecule has 2 aromatic carbocycles. The molecule has 0 aliphatic heterocycles. The summed E-state index contributed by atoms with van der Waals surface area (Å²) >= 11 is 5.99. The molecule has 0 atom stereocenters. The third-order valence-corrected chi connectivity index (χ3v) is 6.12. The van der Waals surface area contributed by atoms with Crippen molar-refractivity contribution < 1.29 is 22.8 Å². The lowest BCUT2D eigenvalue weighted by molar-refractivity contribution is -0.0258. The van der Waals surface area contributed by atoms with E-state index in [1.54, 1.807) is 31.3 Å². The summed E-state index contributed by atoms with van der Waals surface area (Å²) in [5, 5.41) is 5.20. The van der Waals surface area contributed by atoms with Crippen LogP contribution in [-0.4, -0.2) is 45.9 Å². The van der Waals surface area contributed by atoms with Gasteiger partial charge in [-0.05, 0) is 35.9 Å². The van der Waals surface area contributed by atoms with Crippen molar-refractivity contribution in [1.29, 1.82) is 0 Å². The SMILES string of the molecule is CNC(=O)c1ccc(CNC(=O)c2ccc(Cl)c(S(=O)(=O)N(C)OC)c2)cc1. The maximum atomic E-state index is 12.4. The van der Waals surface area contributed by atoms with Crippen molar-refractivity contribution in [2.24, 2.45) is 0 Å². The number of benzene rings is 2. The lowest BCUT2D eigenvalue weighted by Crippen LogP contribution is -2.27. The van der Waals surface area contributed by atoms with E-state index in [-0.39, 0.29) is 27.9 Å². The van der Waals surface area contributed by atoms with E-state index in [9.17, 15) is 18.0 Å². The van der Waals surface area contributed by atoms with Gasteiger partial charge in [-0.25, -0.2) is 8.42 Å². The molecule has 28 heavy (non-hydrogen) atoms. The summed E-state index contributed by atoms with van der Waals surface area (Å²) in [6.07, 6.45) is 0. The largest absolute Gasteiger partial charge is 0.355 e. The molecule has 0 bridgehead atoms. The molecule has 8 nitrogen and oxygen atoms in total. The van der Waals surface area contributed by atoms with Crippen molar-refractivity contribution in [2.45, 2.75) is 11.4 Å². The van der Waals surface area contributed by atoms with Gasteiger partial charge >= 0.3 is 0 Å². The number of carbonyl (C=O) groups is 2. The van der Waals surface area contributed by atoms with Crippen LogP contribution < -0.4 is 10.6 Å². The third kappa shape index (κ3) is 4.87. The Labute approximate surface area is 168 Å². The molecule has 10 heteroatoms. The van der Waals surface area contributed by atoms with E-state index >= 15 is 0 Å². The third-order valence-electron chi connectivity index (χ3n) is 3.96. The molecule has 0 heterocycles. The summed E-state index contributed by atoms with van der Waals surface area (Å²) in [6, 6.07) is 10.7. The molecular weight excluding hydrogens is 406 g/mol. The zero-order valence-corrected chi connectivity index (χ0v) is 17.1. The highest BCUT2D eigenvalue weighted by molar-refractivity contribution is 7.89. The van der Waals surface area contributed by atoms with Crippen LogP contribution in [0, 0.1) is 0 Å². The van der Waals surface area contributed by atoms with Crippen LogP contribution in [0.4, 0.5) is 0 Å². The summed E-state index contributed by atoms with van der Waals surface area (Å²) < 4.78 is 25.5. The lowest BCUT2D eigenvalue weighted by Gasteiger charge is -2.16. The minimum Gasteiger partial charge on any atom is -0.355 e. The van der Waals surface area contributed by atoms with Gasteiger partial charge in [0.1, 0.15) is 4.90 Å². The van der Waals surface area contributed by atoms with Crippen LogP contribution in [0.5, 0.6) is 0 Å². The van der Waals surface area contributed by atoms with Crippen molar-refractivity contribution >= 4 is 33.4 Å². The average molecular weight is 426 g/mol. The van der Waals surface area contributed by atoms with Gasteiger partial charge in [-0.2, -0.15) is 0 Å². The second-order valence-corrected chi connectivity index (χ2v) is 8.01.